The maximum atomic E-state index is 12.8. The molecule has 1 rings (SSSR count). The monoisotopic (exact) mass is 866 g/mol. The van der Waals surface area contributed by atoms with Gasteiger partial charge in [-0.05, 0) is 69.9 Å². The molecule has 0 radical (unpaired) electrons. The molecule has 0 aliphatic carbocycles. The number of furan rings is 1. The Bertz CT molecular complexity index is 1410. The molecule has 0 amide bonds. The van der Waals surface area contributed by atoms with Gasteiger partial charge in [-0.1, -0.05) is 127 Å². The van der Waals surface area contributed by atoms with Crippen molar-refractivity contribution in [1.29, 1.82) is 0 Å². The quantitative estimate of drug-likeness (QED) is 0.0170. The van der Waals surface area contributed by atoms with Gasteiger partial charge in [-0.25, -0.2) is 0 Å². The third-order valence-corrected chi connectivity index (χ3v) is 11.4. The lowest BCUT2D eigenvalue weighted by molar-refractivity contribution is -0.870. The number of aryl methyl sites for hydroxylation is 2. The van der Waals surface area contributed by atoms with E-state index in [0.717, 1.165) is 95.0 Å². The zero-order valence-corrected chi connectivity index (χ0v) is 39.6. The van der Waals surface area contributed by atoms with E-state index >= 15 is 0 Å². The molecule has 1 heterocycles. The normalized spacial score (nSPS) is 14.3. The van der Waals surface area contributed by atoms with E-state index in [4.69, 9.17) is 22.9 Å². The Labute approximate surface area is 364 Å². The molecule has 1 aromatic heterocycles. The van der Waals surface area contributed by atoms with Gasteiger partial charge in [0.05, 0.1) is 33.9 Å². The molecule has 0 saturated carbocycles. The van der Waals surface area contributed by atoms with Crippen LogP contribution in [-0.4, -0.2) is 81.2 Å². The second-order valence-corrected chi connectivity index (χ2v) is 18.6. The minimum absolute atomic E-state index is 0.0548. The summed E-state index contributed by atoms with van der Waals surface area (Å²) >= 11 is 0. The van der Waals surface area contributed by atoms with Gasteiger partial charge in [0, 0.05) is 25.7 Å². The van der Waals surface area contributed by atoms with E-state index in [0.29, 0.717) is 30.3 Å². The maximum Gasteiger partial charge on any atom is 0.306 e. The molecule has 0 aliphatic rings. The van der Waals surface area contributed by atoms with Crippen molar-refractivity contribution >= 4 is 19.8 Å². The van der Waals surface area contributed by atoms with Gasteiger partial charge in [-0.15, -0.1) is 0 Å². The molecule has 1 N–H and O–H groups in total. The van der Waals surface area contributed by atoms with Crippen LogP contribution in [0.4, 0.5) is 0 Å². The Morgan fingerprint density at radius 2 is 1.30 bits per heavy atom. The zero-order chi connectivity index (χ0) is 44.5. The average molecular weight is 866 g/mol. The first-order chi connectivity index (χ1) is 28.7. The largest absolute Gasteiger partial charge is 0.756 e. The lowest BCUT2D eigenvalue weighted by Crippen LogP contribution is -2.37. The SMILES string of the molecule is CC/C=C/C/C=C/C=C/C(O)CCCCCCCC(=O)OC[C@H](COP(=O)([O-])OCC[N+](C)(C)C)OC(=O)CCCCCCCCCCc1oc(CCCCC)c(C)c1C. The highest BCUT2D eigenvalue weighted by Crippen LogP contribution is 2.38. The predicted octanol–water partition coefficient (Wildman–Crippen LogP) is 10.9. The Balaban J connectivity index is 2.38. The fourth-order valence-corrected chi connectivity index (χ4v) is 7.27. The smallest absolute Gasteiger partial charge is 0.306 e. The lowest BCUT2D eigenvalue weighted by atomic mass is 10.0. The Morgan fingerprint density at radius 1 is 0.733 bits per heavy atom. The standard InChI is InChI=1S/C48H84NO10P/c1-8-10-12-13-16-20-26-31-43(50)32-27-21-19-24-29-35-47(51)55-39-44(40-57-60(53,54)56-38-37-49(5,6)7)58-48(52)36-30-23-18-15-14-17-22-28-34-46-42(4)41(3)45(59-46)33-25-11-9-2/h10,12,16,20,26,31,43-44,50H,8-9,11,13-15,17-19,21-25,27-30,32-40H2,1-7H3/b12-10+,20-16+,31-26+/t43?,44-/m1/s1. The summed E-state index contributed by atoms with van der Waals surface area (Å²) in [6.07, 6.45) is 31.6. The number of allylic oxidation sites excluding steroid dienone is 5. The van der Waals surface area contributed by atoms with E-state index < -0.39 is 38.6 Å². The Kier molecular flexibility index (Phi) is 31.5. The first-order valence-electron chi connectivity index (χ1n) is 23.2. The molecule has 2 unspecified atom stereocenters. The van der Waals surface area contributed by atoms with Crippen LogP contribution in [0.25, 0.3) is 0 Å². The first kappa shape index (κ1) is 55.5. The van der Waals surface area contributed by atoms with E-state index in [1.807, 2.05) is 33.3 Å². The molecule has 60 heavy (non-hydrogen) atoms. The number of carbonyl (C=O) groups excluding carboxylic acids is 2. The summed E-state index contributed by atoms with van der Waals surface area (Å²) in [7, 11) is 1.08. The van der Waals surface area contributed by atoms with Gasteiger partial charge in [-0.3, -0.25) is 14.2 Å². The molecular weight excluding hydrogens is 781 g/mol. The van der Waals surface area contributed by atoms with Crippen molar-refractivity contribution in [2.75, 3.05) is 47.5 Å². The number of aliphatic hydroxyl groups excluding tert-OH is 1. The topological polar surface area (TPSA) is 145 Å². The number of quaternary nitrogens is 1. The van der Waals surface area contributed by atoms with Crippen molar-refractivity contribution in [3.8, 4) is 0 Å². The highest BCUT2D eigenvalue weighted by molar-refractivity contribution is 7.45. The van der Waals surface area contributed by atoms with Crippen LogP contribution in [0.15, 0.2) is 40.9 Å². The van der Waals surface area contributed by atoms with Gasteiger partial charge in [-0.2, -0.15) is 0 Å². The van der Waals surface area contributed by atoms with Gasteiger partial charge >= 0.3 is 11.9 Å². The van der Waals surface area contributed by atoms with Gasteiger partial charge in [0.2, 0.25) is 0 Å². The summed E-state index contributed by atoms with van der Waals surface area (Å²) < 4.78 is 40.2. The van der Waals surface area contributed by atoms with Crippen LogP contribution < -0.4 is 4.89 Å². The number of unbranched alkanes of at least 4 members (excludes halogenated alkanes) is 13. The predicted molar refractivity (Wildman–Crippen MR) is 241 cm³/mol. The molecule has 0 saturated heterocycles. The third kappa shape index (κ3) is 30.5. The first-order valence-corrected chi connectivity index (χ1v) is 24.6. The number of aliphatic hydroxyl groups is 1. The second-order valence-electron chi connectivity index (χ2n) is 17.2. The van der Waals surface area contributed by atoms with Gasteiger partial charge < -0.3 is 37.4 Å². The van der Waals surface area contributed by atoms with Gasteiger partial charge in [0.15, 0.2) is 6.10 Å². The van der Waals surface area contributed by atoms with Gasteiger partial charge in [0.25, 0.3) is 7.82 Å². The number of hydrogen-bond acceptors (Lipinski definition) is 10. The van der Waals surface area contributed by atoms with Crippen LogP contribution in [0, 0.1) is 13.8 Å². The highest BCUT2D eigenvalue weighted by Gasteiger charge is 2.22. The lowest BCUT2D eigenvalue weighted by Gasteiger charge is -2.28. The summed E-state index contributed by atoms with van der Waals surface area (Å²) in [5.41, 5.74) is 2.64. The number of carbonyl (C=O) groups is 2. The molecule has 11 nitrogen and oxygen atoms in total. The molecule has 346 valence electrons. The Hall–Kier alpha value is -2.53. The number of esters is 2. The molecule has 0 spiro atoms. The third-order valence-electron chi connectivity index (χ3n) is 10.5. The fourth-order valence-electron chi connectivity index (χ4n) is 6.55. The van der Waals surface area contributed by atoms with E-state index in [9.17, 15) is 24.2 Å². The van der Waals surface area contributed by atoms with E-state index in [-0.39, 0.29) is 26.1 Å². The van der Waals surface area contributed by atoms with Crippen LogP contribution in [0.3, 0.4) is 0 Å². The molecular formula is C48H84NO10P. The summed E-state index contributed by atoms with van der Waals surface area (Å²) in [5.74, 6) is 1.38. The van der Waals surface area contributed by atoms with Crippen LogP contribution in [0.2, 0.25) is 0 Å². The van der Waals surface area contributed by atoms with Crippen molar-refractivity contribution in [3.05, 3.63) is 59.1 Å². The summed E-state index contributed by atoms with van der Waals surface area (Å²) in [6, 6.07) is 0. The summed E-state index contributed by atoms with van der Waals surface area (Å²) in [4.78, 5) is 37.7. The molecule has 0 bridgehead atoms. The number of rotatable bonds is 38. The van der Waals surface area contributed by atoms with Crippen LogP contribution in [-0.2, 0) is 45.5 Å². The minimum Gasteiger partial charge on any atom is -0.756 e. The molecule has 1 aromatic rings. The molecule has 0 aromatic carbocycles. The van der Waals surface area contributed by atoms with Crippen molar-refractivity contribution in [1.82, 2.24) is 0 Å². The molecule has 0 aliphatic heterocycles. The molecule has 12 heteroatoms. The fraction of sp³-hybridized carbons (Fsp3) is 0.750. The number of ether oxygens (including phenoxy) is 2. The van der Waals surface area contributed by atoms with E-state index in [1.165, 1.54) is 43.2 Å². The number of phosphoric acid groups is 1. The molecule has 3 atom stereocenters. The van der Waals surface area contributed by atoms with Gasteiger partial charge in [0.1, 0.15) is 31.3 Å². The Morgan fingerprint density at radius 3 is 1.90 bits per heavy atom. The van der Waals surface area contributed by atoms with E-state index in [2.05, 4.69) is 45.9 Å². The van der Waals surface area contributed by atoms with Crippen LogP contribution in [0.5, 0.6) is 0 Å². The summed E-state index contributed by atoms with van der Waals surface area (Å²) in [6.45, 7) is 8.27. The number of nitrogens with zero attached hydrogens (tertiary/aromatic N) is 1. The van der Waals surface area contributed by atoms with Crippen LogP contribution >= 0.6 is 7.82 Å². The maximum absolute atomic E-state index is 12.8. The highest BCUT2D eigenvalue weighted by atomic mass is 31.2. The summed E-state index contributed by atoms with van der Waals surface area (Å²) in [5, 5.41) is 10.2. The van der Waals surface area contributed by atoms with E-state index in [1.54, 1.807) is 6.08 Å². The average Bonchev–Trinajstić information content (AvgIpc) is 3.46. The minimum atomic E-state index is -4.66. The van der Waals surface area contributed by atoms with Crippen molar-refractivity contribution in [2.24, 2.45) is 0 Å². The van der Waals surface area contributed by atoms with Crippen molar-refractivity contribution in [2.45, 2.75) is 188 Å². The van der Waals surface area contributed by atoms with Crippen molar-refractivity contribution < 1.29 is 51.6 Å². The van der Waals surface area contributed by atoms with Crippen LogP contribution in [0.1, 0.15) is 171 Å². The number of phosphoric ester groups is 1. The zero-order valence-electron chi connectivity index (χ0n) is 38.7. The molecule has 0 fully saturated rings. The number of hydrogen-bond donors (Lipinski definition) is 1. The van der Waals surface area contributed by atoms with Crippen molar-refractivity contribution in [3.63, 3.8) is 0 Å². The number of likely N-dealkylation sites (N-methyl/N-ethyl adjacent to an activating group) is 1. The second kappa shape index (κ2) is 34.0.